The number of hydrogen-bond donors (Lipinski definition) is 0. The van der Waals surface area contributed by atoms with E-state index in [0.717, 1.165) is 11.3 Å². The van der Waals surface area contributed by atoms with Gasteiger partial charge < -0.3 is 14.4 Å². The van der Waals surface area contributed by atoms with Crippen molar-refractivity contribution in [3.05, 3.63) is 29.8 Å². The van der Waals surface area contributed by atoms with E-state index in [2.05, 4.69) is 26.8 Å². The average molecular weight is 305 g/mol. The summed E-state index contributed by atoms with van der Waals surface area (Å²) in [4.78, 5) is 24.6. The van der Waals surface area contributed by atoms with E-state index in [4.69, 9.17) is 9.47 Å². The molecule has 1 saturated heterocycles. The number of esters is 1. The molecule has 0 radical (unpaired) electrons. The van der Waals surface area contributed by atoms with E-state index < -0.39 is 11.9 Å². The molecule has 0 saturated carbocycles. The molecule has 0 bridgehead atoms. The number of ether oxygens (including phenoxy) is 2. The first-order valence-electron chi connectivity index (χ1n) is 7.55. The predicted octanol–water partition coefficient (Wildman–Crippen LogP) is 2.14. The molecule has 0 spiro atoms. The number of para-hydroxylation sites is 1. The Balaban J connectivity index is 1.94. The fourth-order valence-corrected chi connectivity index (χ4v) is 2.37. The summed E-state index contributed by atoms with van der Waals surface area (Å²) in [6.07, 6.45) is -0.0816. The topological polar surface area (TPSA) is 55.8 Å². The average Bonchev–Trinajstić information content (AvgIpc) is 2.41. The van der Waals surface area contributed by atoms with Crippen molar-refractivity contribution in [2.24, 2.45) is 0 Å². The van der Waals surface area contributed by atoms with Crippen LogP contribution in [0.2, 0.25) is 0 Å². The molecule has 0 unspecified atom stereocenters. The standard InChI is InChI=1S/C17H23NO4/c1-5-21-16(20)15(19)18-10-12(11-18)22-14-9-7-6-8-13(14)17(2,3)4/h6-9,12H,5,10-11H2,1-4H3. The van der Waals surface area contributed by atoms with Crippen molar-refractivity contribution < 1.29 is 19.1 Å². The van der Waals surface area contributed by atoms with Crippen molar-refractivity contribution in [3.8, 4) is 5.75 Å². The van der Waals surface area contributed by atoms with Gasteiger partial charge in [0, 0.05) is 0 Å². The van der Waals surface area contributed by atoms with Crippen LogP contribution in [0.4, 0.5) is 0 Å². The quantitative estimate of drug-likeness (QED) is 0.634. The Hall–Kier alpha value is -2.04. The zero-order valence-corrected chi connectivity index (χ0v) is 13.6. The number of nitrogens with zero attached hydrogens (tertiary/aromatic N) is 1. The van der Waals surface area contributed by atoms with Crippen LogP contribution in [0.25, 0.3) is 0 Å². The second-order valence-corrected chi connectivity index (χ2v) is 6.42. The summed E-state index contributed by atoms with van der Waals surface area (Å²) < 4.78 is 10.7. The molecule has 0 atom stereocenters. The maximum absolute atomic E-state index is 11.7. The first-order chi connectivity index (χ1) is 10.3. The number of rotatable bonds is 3. The van der Waals surface area contributed by atoms with Gasteiger partial charge in [0.2, 0.25) is 0 Å². The second-order valence-electron chi connectivity index (χ2n) is 6.42. The van der Waals surface area contributed by atoms with Crippen LogP contribution in [-0.4, -0.2) is 42.6 Å². The highest BCUT2D eigenvalue weighted by molar-refractivity contribution is 6.32. The van der Waals surface area contributed by atoms with Crippen molar-refractivity contribution in [1.29, 1.82) is 0 Å². The first-order valence-corrected chi connectivity index (χ1v) is 7.55. The Kier molecular flexibility index (Phi) is 4.74. The summed E-state index contributed by atoms with van der Waals surface area (Å²) in [7, 11) is 0. The van der Waals surface area contributed by atoms with Gasteiger partial charge >= 0.3 is 11.9 Å². The van der Waals surface area contributed by atoms with E-state index in [1.54, 1.807) is 6.92 Å². The summed E-state index contributed by atoms with van der Waals surface area (Å²) in [5.41, 5.74) is 1.12. The third-order valence-corrected chi connectivity index (χ3v) is 3.57. The molecule has 1 heterocycles. The molecule has 120 valence electrons. The summed E-state index contributed by atoms with van der Waals surface area (Å²) in [5, 5.41) is 0. The number of carbonyl (C=O) groups excluding carboxylic acids is 2. The van der Waals surface area contributed by atoms with Crippen molar-refractivity contribution >= 4 is 11.9 Å². The molecular formula is C17H23NO4. The Bertz CT molecular complexity index is 556. The zero-order valence-electron chi connectivity index (χ0n) is 13.6. The van der Waals surface area contributed by atoms with Crippen molar-refractivity contribution in [2.45, 2.75) is 39.2 Å². The number of carbonyl (C=O) groups is 2. The van der Waals surface area contributed by atoms with Crippen molar-refractivity contribution in [2.75, 3.05) is 19.7 Å². The van der Waals surface area contributed by atoms with Gasteiger partial charge in [0.15, 0.2) is 0 Å². The highest BCUT2D eigenvalue weighted by atomic mass is 16.5. The Labute approximate surface area is 131 Å². The molecule has 1 aromatic rings. The van der Waals surface area contributed by atoms with E-state index in [9.17, 15) is 9.59 Å². The summed E-state index contributed by atoms with van der Waals surface area (Å²) in [6.45, 7) is 9.10. The monoisotopic (exact) mass is 305 g/mol. The maximum atomic E-state index is 11.7. The maximum Gasteiger partial charge on any atom is 0.397 e. The molecule has 1 aliphatic heterocycles. The fraction of sp³-hybridized carbons (Fsp3) is 0.529. The molecule has 0 N–H and O–H groups in total. The molecule has 1 aliphatic rings. The third-order valence-electron chi connectivity index (χ3n) is 3.57. The number of hydrogen-bond acceptors (Lipinski definition) is 4. The van der Waals surface area contributed by atoms with Crippen molar-refractivity contribution in [1.82, 2.24) is 4.90 Å². The SMILES string of the molecule is CCOC(=O)C(=O)N1CC(Oc2ccccc2C(C)(C)C)C1. The predicted molar refractivity (Wildman–Crippen MR) is 82.8 cm³/mol. The molecule has 0 aromatic heterocycles. The molecule has 5 heteroatoms. The Morgan fingerprint density at radius 3 is 2.45 bits per heavy atom. The minimum atomic E-state index is -0.795. The summed E-state index contributed by atoms with van der Waals surface area (Å²) in [5.74, 6) is -0.551. The van der Waals surface area contributed by atoms with E-state index >= 15 is 0 Å². The molecule has 5 nitrogen and oxygen atoms in total. The van der Waals surface area contributed by atoms with Gasteiger partial charge in [-0.05, 0) is 24.0 Å². The van der Waals surface area contributed by atoms with E-state index in [1.165, 1.54) is 4.90 Å². The number of benzene rings is 1. The van der Waals surface area contributed by atoms with Crippen LogP contribution in [0.5, 0.6) is 5.75 Å². The van der Waals surface area contributed by atoms with Gasteiger partial charge in [0.1, 0.15) is 11.9 Å². The van der Waals surface area contributed by atoms with E-state index in [-0.39, 0.29) is 18.1 Å². The Morgan fingerprint density at radius 1 is 1.23 bits per heavy atom. The highest BCUT2D eigenvalue weighted by Gasteiger charge is 2.36. The van der Waals surface area contributed by atoms with Crippen LogP contribution >= 0.6 is 0 Å². The largest absolute Gasteiger partial charge is 0.486 e. The number of amides is 1. The third kappa shape index (κ3) is 3.59. The van der Waals surface area contributed by atoms with Crippen LogP contribution in [0.3, 0.4) is 0 Å². The lowest BCUT2D eigenvalue weighted by atomic mass is 9.86. The van der Waals surface area contributed by atoms with Gasteiger partial charge in [-0.1, -0.05) is 39.0 Å². The van der Waals surface area contributed by atoms with E-state index in [0.29, 0.717) is 13.1 Å². The van der Waals surface area contributed by atoms with Crippen molar-refractivity contribution in [3.63, 3.8) is 0 Å². The minimum absolute atomic E-state index is 0.0131. The molecule has 2 rings (SSSR count). The highest BCUT2D eigenvalue weighted by Crippen LogP contribution is 2.32. The Morgan fingerprint density at radius 2 is 1.86 bits per heavy atom. The van der Waals surface area contributed by atoms with Crippen LogP contribution in [0.15, 0.2) is 24.3 Å². The van der Waals surface area contributed by atoms with Gasteiger partial charge in [-0.25, -0.2) is 4.79 Å². The number of likely N-dealkylation sites (tertiary alicyclic amines) is 1. The molecule has 1 amide bonds. The lowest BCUT2D eigenvalue weighted by Crippen LogP contribution is -2.58. The van der Waals surface area contributed by atoms with E-state index in [1.807, 2.05) is 18.2 Å². The first kappa shape index (κ1) is 16.3. The summed E-state index contributed by atoms with van der Waals surface area (Å²) >= 11 is 0. The molecule has 22 heavy (non-hydrogen) atoms. The normalized spacial score (nSPS) is 15.2. The minimum Gasteiger partial charge on any atom is -0.486 e. The lowest BCUT2D eigenvalue weighted by molar-refractivity contribution is -0.164. The van der Waals surface area contributed by atoms with Crippen LogP contribution in [0, 0.1) is 0 Å². The summed E-state index contributed by atoms with van der Waals surface area (Å²) in [6, 6.07) is 7.92. The van der Waals surface area contributed by atoms with Gasteiger partial charge in [-0.3, -0.25) is 4.79 Å². The second kappa shape index (κ2) is 6.38. The molecule has 1 aromatic carbocycles. The van der Waals surface area contributed by atoms with Gasteiger partial charge in [0.05, 0.1) is 19.7 Å². The smallest absolute Gasteiger partial charge is 0.397 e. The lowest BCUT2D eigenvalue weighted by Gasteiger charge is -2.39. The van der Waals surface area contributed by atoms with Gasteiger partial charge in [0.25, 0.3) is 0 Å². The van der Waals surface area contributed by atoms with Crippen LogP contribution in [-0.2, 0) is 19.7 Å². The van der Waals surface area contributed by atoms with Gasteiger partial charge in [-0.2, -0.15) is 0 Å². The molecule has 1 fully saturated rings. The zero-order chi connectivity index (χ0) is 16.3. The van der Waals surface area contributed by atoms with Gasteiger partial charge in [-0.15, -0.1) is 0 Å². The fourth-order valence-electron chi connectivity index (χ4n) is 2.37. The molecular weight excluding hydrogens is 282 g/mol. The van der Waals surface area contributed by atoms with Crippen LogP contribution in [0.1, 0.15) is 33.3 Å². The van der Waals surface area contributed by atoms with Crippen LogP contribution < -0.4 is 4.74 Å². The molecule has 0 aliphatic carbocycles.